The van der Waals surface area contributed by atoms with Gasteiger partial charge in [0.05, 0.1) is 22.8 Å². The molecule has 0 radical (unpaired) electrons. The van der Waals surface area contributed by atoms with Gasteiger partial charge in [0.15, 0.2) is 5.65 Å². The summed E-state index contributed by atoms with van der Waals surface area (Å²) in [4.78, 5) is 10.3. The summed E-state index contributed by atoms with van der Waals surface area (Å²) in [5.41, 5.74) is 1.62. The van der Waals surface area contributed by atoms with Crippen LogP contribution >= 0.6 is 38.9 Å². The number of methoxy groups -OCH3 is 1. The second-order valence-electron chi connectivity index (χ2n) is 4.57. The molecule has 3 heterocycles. The fourth-order valence-electron chi connectivity index (χ4n) is 2.17. The molecule has 0 aliphatic carbocycles. The quantitative estimate of drug-likeness (QED) is 0.615. The first-order valence-electron chi connectivity index (χ1n) is 6.38. The average molecular weight is 387 g/mol. The number of rotatable bonds is 4. The minimum absolute atomic E-state index is 0.186. The minimum Gasteiger partial charge on any atom is -0.481 e. The van der Waals surface area contributed by atoms with Gasteiger partial charge in [-0.15, -0.1) is 22.9 Å². The van der Waals surface area contributed by atoms with Gasteiger partial charge in [-0.1, -0.05) is 0 Å². The number of imidazole rings is 1. The summed E-state index contributed by atoms with van der Waals surface area (Å²) in [7, 11) is 1.61. The molecule has 0 saturated carbocycles. The summed E-state index contributed by atoms with van der Waals surface area (Å²) in [5.74, 6) is 1.39. The van der Waals surface area contributed by atoms with E-state index in [1.54, 1.807) is 18.4 Å². The molecule has 0 bridgehead atoms. The van der Waals surface area contributed by atoms with Crippen LogP contribution in [-0.2, 0) is 6.54 Å². The van der Waals surface area contributed by atoms with Gasteiger partial charge in [-0.3, -0.25) is 0 Å². The zero-order valence-corrected chi connectivity index (χ0v) is 14.7. The molecule has 1 unspecified atom stereocenters. The molecule has 7 heteroatoms. The largest absolute Gasteiger partial charge is 0.481 e. The highest BCUT2D eigenvalue weighted by Gasteiger charge is 2.17. The Morgan fingerprint density at radius 2 is 2.14 bits per heavy atom. The van der Waals surface area contributed by atoms with Crippen LogP contribution in [0.1, 0.15) is 23.0 Å². The Morgan fingerprint density at radius 1 is 1.33 bits per heavy atom. The van der Waals surface area contributed by atoms with Gasteiger partial charge in [0.2, 0.25) is 5.88 Å². The molecule has 0 amide bonds. The summed E-state index contributed by atoms with van der Waals surface area (Å²) in [6, 6.07) is 7.84. The van der Waals surface area contributed by atoms with Crippen LogP contribution in [0.15, 0.2) is 28.1 Å². The number of nitrogens with zero attached hydrogens (tertiary/aromatic N) is 3. The maximum Gasteiger partial charge on any atom is 0.215 e. The van der Waals surface area contributed by atoms with E-state index >= 15 is 0 Å². The standard InChI is InChI=1S/C14H13BrClN3OS/c1-8(16)13-17-10-4-6-12(20-2)18-14(10)19(13)7-9-3-5-11(15)21-9/h3-6,8H,7H2,1-2H3. The second kappa shape index (κ2) is 5.94. The van der Waals surface area contributed by atoms with E-state index in [0.717, 1.165) is 20.8 Å². The SMILES string of the molecule is COc1ccc2nc(C(C)Cl)n(Cc3ccc(Br)s3)c2n1. The zero-order chi connectivity index (χ0) is 15.0. The van der Waals surface area contributed by atoms with E-state index in [0.29, 0.717) is 12.4 Å². The fourth-order valence-corrected chi connectivity index (χ4v) is 3.81. The second-order valence-corrected chi connectivity index (χ2v) is 7.78. The number of hydrogen-bond acceptors (Lipinski definition) is 4. The van der Waals surface area contributed by atoms with Crippen molar-refractivity contribution in [2.45, 2.75) is 18.8 Å². The van der Waals surface area contributed by atoms with Crippen LogP contribution in [0.25, 0.3) is 11.2 Å². The normalized spacial score (nSPS) is 12.8. The van der Waals surface area contributed by atoms with E-state index < -0.39 is 0 Å². The first-order valence-corrected chi connectivity index (χ1v) is 8.42. The molecule has 3 rings (SSSR count). The minimum atomic E-state index is -0.186. The third-order valence-corrected chi connectivity index (χ3v) is 4.91. The van der Waals surface area contributed by atoms with Crippen LogP contribution in [0.3, 0.4) is 0 Å². The smallest absolute Gasteiger partial charge is 0.215 e. The topological polar surface area (TPSA) is 39.9 Å². The maximum absolute atomic E-state index is 6.28. The van der Waals surface area contributed by atoms with Crippen molar-refractivity contribution in [1.82, 2.24) is 14.5 Å². The van der Waals surface area contributed by atoms with Gasteiger partial charge >= 0.3 is 0 Å². The molecule has 110 valence electrons. The Hall–Kier alpha value is -1.11. The highest BCUT2D eigenvalue weighted by atomic mass is 79.9. The summed E-state index contributed by atoms with van der Waals surface area (Å²) < 4.78 is 8.37. The Morgan fingerprint density at radius 3 is 2.76 bits per heavy atom. The number of ether oxygens (including phenoxy) is 1. The van der Waals surface area contributed by atoms with E-state index in [1.165, 1.54) is 4.88 Å². The molecule has 4 nitrogen and oxygen atoms in total. The first kappa shape index (κ1) is 14.8. The van der Waals surface area contributed by atoms with Crippen molar-refractivity contribution in [2.24, 2.45) is 0 Å². The Bertz CT molecular complexity index is 784. The van der Waals surface area contributed by atoms with Crippen molar-refractivity contribution < 1.29 is 4.74 Å². The third kappa shape index (κ3) is 2.93. The zero-order valence-electron chi connectivity index (χ0n) is 11.5. The molecule has 3 aromatic rings. The van der Waals surface area contributed by atoms with Gasteiger partial charge < -0.3 is 9.30 Å². The van der Waals surface area contributed by atoms with Crippen LogP contribution in [0, 0.1) is 0 Å². The summed E-state index contributed by atoms with van der Waals surface area (Å²) >= 11 is 11.5. The Balaban J connectivity index is 2.14. The maximum atomic E-state index is 6.28. The summed E-state index contributed by atoms with van der Waals surface area (Å²) in [5, 5.41) is -0.186. The molecule has 0 fully saturated rings. The van der Waals surface area contributed by atoms with Crippen LogP contribution < -0.4 is 4.74 Å². The van der Waals surface area contributed by atoms with Crippen molar-refractivity contribution in [3.05, 3.63) is 38.8 Å². The van der Waals surface area contributed by atoms with E-state index in [-0.39, 0.29) is 5.38 Å². The van der Waals surface area contributed by atoms with Gasteiger partial charge in [-0.25, -0.2) is 4.98 Å². The average Bonchev–Trinajstić information content (AvgIpc) is 3.03. The van der Waals surface area contributed by atoms with Crippen molar-refractivity contribution in [3.63, 3.8) is 0 Å². The molecular weight excluding hydrogens is 374 g/mol. The van der Waals surface area contributed by atoms with Gasteiger partial charge in [-0.05, 0) is 41.1 Å². The lowest BCUT2D eigenvalue weighted by Gasteiger charge is -2.09. The lowest BCUT2D eigenvalue weighted by Crippen LogP contribution is -2.05. The van der Waals surface area contributed by atoms with Crippen LogP contribution in [0.5, 0.6) is 5.88 Å². The van der Waals surface area contributed by atoms with Crippen molar-refractivity contribution in [1.29, 1.82) is 0 Å². The van der Waals surface area contributed by atoms with Gasteiger partial charge in [0.25, 0.3) is 0 Å². The van der Waals surface area contributed by atoms with Gasteiger partial charge in [-0.2, -0.15) is 4.98 Å². The number of thiophene rings is 1. The predicted molar refractivity (Wildman–Crippen MR) is 89.5 cm³/mol. The van der Waals surface area contributed by atoms with E-state index in [2.05, 4.69) is 32.0 Å². The molecule has 0 aliphatic rings. The van der Waals surface area contributed by atoms with Crippen LogP contribution in [0.4, 0.5) is 0 Å². The number of fused-ring (bicyclic) bond motifs is 1. The highest BCUT2D eigenvalue weighted by Crippen LogP contribution is 2.28. The highest BCUT2D eigenvalue weighted by molar-refractivity contribution is 9.11. The molecule has 0 aliphatic heterocycles. The lowest BCUT2D eigenvalue weighted by atomic mass is 10.4. The molecule has 3 aromatic heterocycles. The van der Waals surface area contributed by atoms with Gasteiger partial charge in [0, 0.05) is 10.9 Å². The summed E-state index contributed by atoms with van der Waals surface area (Å²) in [6.45, 7) is 2.61. The third-order valence-electron chi connectivity index (χ3n) is 3.10. The molecule has 0 N–H and O–H groups in total. The van der Waals surface area contributed by atoms with Crippen LogP contribution in [0.2, 0.25) is 0 Å². The molecule has 0 saturated heterocycles. The molecular formula is C14H13BrClN3OS. The number of alkyl halides is 1. The van der Waals surface area contributed by atoms with Crippen molar-refractivity contribution in [3.8, 4) is 5.88 Å². The van der Waals surface area contributed by atoms with Crippen molar-refractivity contribution >= 4 is 50.0 Å². The van der Waals surface area contributed by atoms with E-state index in [1.807, 2.05) is 29.7 Å². The molecule has 0 aromatic carbocycles. The lowest BCUT2D eigenvalue weighted by molar-refractivity contribution is 0.399. The molecule has 0 spiro atoms. The Kier molecular flexibility index (Phi) is 4.19. The van der Waals surface area contributed by atoms with Gasteiger partial charge in [0.1, 0.15) is 11.3 Å². The number of aromatic nitrogens is 3. The number of hydrogen-bond donors (Lipinski definition) is 0. The number of pyridine rings is 1. The first-order chi connectivity index (χ1) is 10.1. The number of halogens is 2. The fraction of sp³-hybridized carbons (Fsp3) is 0.286. The van der Waals surface area contributed by atoms with E-state index in [4.69, 9.17) is 16.3 Å². The molecule has 1 atom stereocenters. The monoisotopic (exact) mass is 385 g/mol. The predicted octanol–water partition coefficient (Wildman–Crippen LogP) is 4.61. The van der Waals surface area contributed by atoms with Crippen molar-refractivity contribution in [2.75, 3.05) is 7.11 Å². The van der Waals surface area contributed by atoms with E-state index in [9.17, 15) is 0 Å². The Labute approximate surface area is 139 Å². The summed E-state index contributed by atoms with van der Waals surface area (Å²) in [6.07, 6.45) is 0. The molecule has 21 heavy (non-hydrogen) atoms. The van der Waals surface area contributed by atoms with Crippen LogP contribution in [-0.4, -0.2) is 21.6 Å².